The summed E-state index contributed by atoms with van der Waals surface area (Å²) in [5.74, 6) is 0.0924. The number of aromatic amines is 2. The van der Waals surface area contributed by atoms with Crippen LogP contribution in [0.1, 0.15) is 103 Å². The number of rotatable bonds is 13. The fourth-order valence-electron chi connectivity index (χ4n) is 8.24. The largest absolute Gasteiger partial charge is 0.394 e. The lowest BCUT2D eigenvalue weighted by molar-refractivity contribution is -0.302. The van der Waals surface area contributed by atoms with E-state index in [9.17, 15) is 25.2 Å². The van der Waals surface area contributed by atoms with Crippen molar-refractivity contribution in [3.05, 3.63) is 68.8 Å². The van der Waals surface area contributed by atoms with Crippen LogP contribution in [-0.4, -0.2) is 122 Å². The average molecular weight is 774 g/mol. The summed E-state index contributed by atoms with van der Waals surface area (Å²) in [6.07, 6.45) is -1.77. The highest BCUT2D eigenvalue weighted by Crippen LogP contribution is 2.42. The molecule has 8 bridgehead atoms. The maximum atomic E-state index is 13.5. The third kappa shape index (κ3) is 8.36. The number of fused-ring (bicyclic) bond motifs is 8. The van der Waals surface area contributed by atoms with E-state index in [1.54, 1.807) is 11.9 Å². The van der Waals surface area contributed by atoms with Crippen molar-refractivity contribution in [2.24, 2.45) is 0 Å². The van der Waals surface area contributed by atoms with E-state index in [0.29, 0.717) is 19.4 Å². The Kier molecular flexibility index (Phi) is 13.2. The number of ether oxygens (including phenoxy) is 3. The molecule has 0 unspecified atom stereocenters. The molecule has 1 fully saturated rings. The van der Waals surface area contributed by atoms with Crippen molar-refractivity contribution < 1.29 is 39.4 Å². The number of hydrogen-bond donors (Lipinski definition) is 6. The highest BCUT2D eigenvalue weighted by atomic mass is 16.7. The van der Waals surface area contributed by atoms with Crippen LogP contribution in [-0.2, 0) is 31.8 Å². The van der Waals surface area contributed by atoms with E-state index in [2.05, 4.69) is 82.7 Å². The second-order valence-electron chi connectivity index (χ2n) is 15.4. The van der Waals surface area contributed by atoms with Crippen molar-refractivity contribution in [3.63, 3.8) is 0 Å². The van der Waals surface area contributed by atoms with Gasteiger partial charge < -0.3 is 49.5 Å². The molecule has 3 aliphatic heterocycles. The number of H-pyrrole nitrogens is 2. The second-order valence-corrected chi connectivity index (χ2v) is 15.4. The molecule has 0 aliphatic carbocycles. The SMILES string of the molecule is CCc1c(C)c2cc3[nH]c(cc4nc(c(C)c5nc(cc1[nH]2)C(C)=C5)[C@@H](CCC(=O)N(C)CCOCCO[C@@H]1O[C@H](CO)[C@@H](O)[C@H](O)[C@H]1O)[C@@H]4C)c(C)c3CC. The zero-order chi connectivity index (χ0) is 40.4. The van der Waals surface area contributed by atoms with Gasteiger partial charge in [0.05, 0.1) is 37.8 Å². The molecule has 56 heavy (non-hydrogen) atoms. The summed E-state index contributed by atoms with van der Waals surface area (Å²) in [6, 6.07) is 6.59. The number of aliphatic hydroxyl groups excluding tert-OH is 4. The molecule has 3 aliphatic rings. The number of hydrogen-bond acceptors (Lipinski definition) is 10. The Morgan fingerprint density at radius 3 is 2.18 bits per heavy atom. The number of nitrogens with zero attached hydrogens (tertiary/aromatic N) is 3. The molecule has 13 nitrogen and oxygen atoms in total. The van der Waals surface area contributed by atoms with E-state index in [1.807, 2.05) is 0 Å². The summed E-state index contributed by atoms with van der Waals surface area (Å²) in [4.78, 5) is 33.0. The minimum atomic E-state index is -1.51. The predicted molar refractivity (Wildman–Crippen MR) is 216 cm³/mol. The van der Waals surface area contributed by atoms with Gasteiger partial charge in [-0.3, -0.25) is 9.78 Å². The van der Waals surface area contributed by atoms with Crippen LogP contribution in [0.4, 0.5) is 0 Å². The predicted octanol–water partition coefficient (Wildman–Crippen LogP) is 4.88. The molecular formula is C43H59N5O8. The number of aryl methyl sites for hydroxylation is 4. The fourth-order valence-corrected chi connectivity index (χ4v) is 8.24. The van der Waals surface area contributed by atoms with Crippen molar-refractivity contribution in [2.45, 2.75) is 117 Å². The number of likely N-dealkylation sites (N-methyl/N-ethyl adjacent to an activating group) is 1. The number of allylic oxidation sites excluding steroid dienone is 1. The van der Waals surface area contributed by atoms with Crippen LogP contribution in [0, 0.1) is 20.8 Å². The molecular weight excluding hydrogens is 715 g/mol. The van der Waals surface area contributed by atoms with Crippen LogP contribution >= 0.6 is 0 Å². The fraction of sp³-hybridized carbons (Fsp3) is 0.558. The van der Waals surface area contributed by atoms with Crippen molar-refractivity contribution in [1.82, 2.24) is 24.8 Å². The Morgan fingerprint density at radius 2 is 1.52 bits per heavy atom. The van der Waals surface area contributed by atoms with E-state index in [0.717, 1.165) is 68.8 Å². The van der Waals surface area contributed by atoms with E-state index in [1.165, 1.54) is 22.3 Å². The van der Waals surface area contributed by atoms with Gasteiger partial charge in [0.2, 0.25) is 5.91 Å². The zero-order valence-electron chi connectivity index (χ0n) is 34.0. The summed E-state index contributed by atoms with van der Waals surface area (Å²) < 4.78 is 16.5. The van der Waals surface area contributed by atoms with Gasteiger partial charge in [-0.1, -0.05) is 20.8 Å². The molecule has 0 aromatic carbocycles. The molecule has 6 heterocycles. The van der Waals surface area contributed by atoms with Gasteiger partial charge in [0.15, 0.2) is 6.29 Å². The van der Waals surface area contributed by atoms with E-state index in [4.69, 9.17) is 24.2 Å². The van der Waals surface area contributed by atoms with Crippen molar-refractivity contribution in [2.75, 3.05) is 40.0 Å². The molecule has 6 N–H and O–H groups in total. The van der Waals surface area contributed by atoms with Crippen LogP contribution in [0.3, 0.4) is 0 Å². The molecule has 3 aromatic heterocycles. The van der Waals surface area contributed by atoms with Gasteiger partial charge >= 0.3 is 0 Å². The Morgan fingerprint density at radius 1 is 0.857 bits per heavy atom. The van der Waals surface area contributed by atoms with Gasteiger partial charge in [-0.05, 0) is 105 Å². The number of carbonyl (C=O) groups is 1. The summed E-state index contributed by atoms with van der Waals surface area (Å²) in [5.41, 5.74) is 15.3. The molecule has 0 radical (unpaired) electrons. The molecule has 3 aromatic rings. The Bertz CT molecular complexity index is 2100. The minimum Gasteiger partial charge on any atom is -0.394 e. The van der Waals surface area contributed by atoms with Crippen LogP contribution in [0.25, 0.3) is 33.7 Å². The number of aromatic nitrogens is 4. The summed E-state index contributed by atoms with van der Waals surface area (Å²) >= 11 is 0. The van der Waals surface area contributed by atoms with Crippen molar-refractivity contribution in [1.29, 1.82) is 0 Å². The maximum Gasteiger partial charge on any atom is 0.222 e. The summed E-state index contributed by atoms with van der Waals surface area (Å²) in [7, 11) is 1.76. The van der Waals surface area contributed by atoms with Gasteiger partial charge in [0.1, 0.15) is 24.4 Å². The molecule has 13 heteroatoms. The lowest BCUT2D eigenvalue weighted by atomic mass is 9.85. The first-order valence-electron chi connectivity index (χ1n) is 19.9. The van der Waals surface area contributed by atoms with Crippen LogP contribution in [0.5, 0.6) is 0 Å². The summed E-state index contributed by atoms with van der Waals surface area (Å²) in [6.45, 7) is 15.5. The highest BCUT2D eigenvalue weighted by molar-refractivity contribution is 5.85. The van der Waals surface area contributed by atoms with Crippen molar-refractivity contribution >= 4 is 39.6 Å². The monoisotopic (exact) mass is 773 g/mol. The van der Waals surface area contributed by atoms with Gasteiger partial charge in [-0.15, -0.1) is 0 Å². The number of nitrogens with one attached hydrogen (secondary N) is 2. The standard InChI is InChI=1S/C43H59N5O8/c1-9-27-24(5)33-20-36-28(10-2)23(4)32(45-36)19-34-25(6)29(39(47-34)26(7)31-17-22(3)30(44-31)18-35(27)46-33)11-12-38(50)48(8)13-14-54-15-16-55-43-42(53)41(52)40(51)37(21-49)56-43/h17-20,25,29,37,40-43,45-46,49,51-53H,9-16,21H2,1-8H3/t25-,29-,37+,40+,41-,42+,43+/m0/s1. The van der Waals surface area contributed by atoms with Crippen LogP contribution in [0.15, 0.2) is 18.2 Å². The van der Waals surface area contributed by atoms with E-state index >= 15 is 0 Å². The van der Waals surface area contributed by atoms with Crippen LogP contribution < -0.4 is 0 Å². The first-order valence-corrected chi connectivity index (χ1v) is 19.9. The zero-order valence-corrected chi connectivity index (χ0v) is 34.0. The third-order valence-electron chi connectivity index (χ3n) is 11.9. The van der Waals surface area contributed by atoms with Crippen molar-refractivity contribution in [3.8, 4) is 0 Å². The molecule has 0 saturated carbocycles. The topological polar surface area (TPSA) is 186 Å². The Labute approximate surface area is 328 Å². The first-order chi connectivity index (χ1) is 26.8. The Balaban J connectivity index is 1.19. The Hall–Kier alpha value is -3.95. The highest BCUT2D eigenvalue weighted by Gasteiger charge is 2.44. The molecule has 7 atom stereocenters. The molecule has 0 spiro atoms. The third-order valence-corrected chi connectivity index (χ3v) is 11.9. The molecule has 6 rings (SSSR count). The minimum absolute atomic E-state index is 0.00509. The second kappa shape index (κ2) is 17.7. The van der Waals surface area contributed by atoms with Gasteiger partial charge in [-0.25, -0.2) is 4.98 Å². The smallest absolute Gasteiger partial charge is 0.222 e. The van der Waals surface area contributed by atoms with E-state index in [-0.39, 0.29) is 37.6 Å². The molecule has 304 valence electrons. The van der Waals surface area contributed by atoms with Gasteiger partial charge in [0.25, 0.3) is 0 Å². The van der Waals surface area contributed by atoms with Gasteiger partial charge in [-0.2, -0.15) is 0 Å². The number of carbonyl (C=O) groups excluding carboxylic acids is 1. The average Bonchev–Trinajstić information content (AvgIpc) is 3.89. The lowest BCUT2D eigenvalue weighted by Gasteiger charge is -2.39. The molecule has 1 amide bonds. The maximum absolute atomic E-state index is 13.5. The number of aliphatic hydroxyl groups is 4. The lowest BCUT2D eigenvalue weighted by Crippen LogP contribution is -2.59. The quantitative estimate of drug-likeness (QED) is 0.131. The van der Waals surface area contributed by atoms with Crippen LogP contribution in [0.2, 0.25) is 0 Å². The van der Waals surface area contributed by atoms with Gasteiger partial charge in [0, 0.05) is 65.3 Å². The summed E-state index contributed by atoms with van der Waals surface area (Å²) in [5, 5.41) is 39.4. The normalized spacial score (nSPS) is 23.7. The first kappa shape index (κ1) is 41.7. The van der Waals surface area contributed by atoms with E-state index < -0.39 is 37.3 Å². The number of amides is 1. The molecule has 1 saturated heterocycles.